The van der Waals surface area contributed by atoms with Gasteiger partial charge < -0.3 is 15.3 Å². The molecule has 4 saturated carbocycles. The Morgan fingerprint density at radius 2 is 1.64 bits per heavy atom. The fourth-order valence-corrected chi connectivity index (χ4v) is 14.2. The zero-order valence-corrected chi connectivity index (χ0v) is 33.2. The second-order valence-corrected chi connectivity index (χ2v) is 21.3. The van der Waals surface area contributed by atoms with Gasteiger partial charge >= 0.3 is 5.97 Å². The number of aromatic carboxylic acids is 1. The van der Waals surface area contributed by atoms with Crippen LogP contribution in [-0.4, -0.2) is 69.6 Å². The van der Waals surface area contributed by atoms with Crippen molar-refractivity contribution in [3.05, 3.63) is 53.6 Å². The number of rotatable bonds is 11. The van der Waals surface area contributed by atoms with Crippen LogP contribution < -0.4 is 5.32 Å². The minimum atomic E-state index is -2.95. The van der Waals surface area contributed by atoms with Crippen molar-refractivity contribution >= 4 is 21.4 Å². The summed E-state index contributed by atoms with van der Waals surface area (Å²) in [6, 6.07) is 7.59. The van der Waals surface area contributed by atoms with Crippen molar-refractivity contribution in [3.8, 4) is 0 Å². The number of allylic oxidation sites excluding steroid dienone is 3. The molecule has 1 aromatic carbocycles. The Morgan fingerprint density at radius 1 is 0.940 bits per heavy atom. The maximum Gasteiger partial charge on any atom is 0.335 e. The molecule has 5 aliphatic rings. The number of hydrogen-bond donors (Lipinski definition) is 2. The first-order chi connectivity index (χ1) is 23.3. The maximum atomic E-state index is 11.7. The first kappa shape index (κ1) is 37.8. The van der Waals surface area contributed by atoms with E-state index in [4.69, 9.17) is 0 Å². The molecule has 50 heavy (non-hydrogen) atoms. The topological polar surface area (TPSA) is 86.7 Å². The minimum Gasteiger partial charge on any atom is -0.478 e. The molecule has 0 heterocycles. The number of carbonyl (C=O) groups is 1. The molecule has 6 rings (SSSR count). The lowest BCUT2D eigenvalue weighted by Gasteiger charge is -2.72. The predicted molar refractivity (Wildman–Crippen MR) is 206 cm³/mol. The van der Waals surface area contributed by atoms with Gasteiger partial charge in [0.15, 0.2) is 0 Å². The second-order valence-electron chi connectivity index (χ2n) is 19.1. The van der Waals surface area contributed by atoms with Gasteiger partial charge in [0.05, 0.1) is 11.3 Å². The standard InChI is InChI=1S/C43H66N2O4S/c1-29(2)32-16-21-43(28-44-24-25-45(8)26-27-50(9,48)49)23-22-41(6)34(37(32)43)14-15-36-40(5)19-17-33(30-10-12-31(13-11-30)38(46)47)39(3,4)35(40)18-20-42(36,41)7/h10-13,17,32,34-37,44H,1,14-16,18-28H2,2-9H3,(H,46,47)/t32-,34+,35-,36+,37+,40-,41+,42+,43+/m0/s1. The minimum absolute atomic E-state index is 0.0135. The van der Waals surface area contributed by atoms with E-state index < -0.39 is 15.8 Å². The molecule has 0 bridgehead atoms. The third kappa shape index (κ3) is 6.17. The number of likely N-dealkylation sites (N-methyl/N-ethyl adjacent to an activating group) is 1. The van der Waals surface area contributed by atoms with Gasteiger partial charge in [0, 0.05) is 32.4 Å². The summed E-state index contributed by atoms with van der Waals surface area (Å²) in [4.78, 5) is 13.7. The van der Waals surface area contributed by atoms with Gasteiger partial charge in [-0.1, -0.05) is 65.0 Å². The molecule has 4 fully saturated rings. The van der Waals surface area contributed by atoms with Crippen molar-refractivity contribution < 1.29 is 18.3 Å². The molecule has 9 atom stereocenters. The summed E-state index contributed by atoms with van der Waals surface area (Å²) in [5.74, 6) is 2.58. The molecular formula is C43H66N2O4S. The van der Waals surface area contributed by atoms with Gasteiger partial charge in [0.2, 0.25) is 0 Å². The van der Waals surface area contributed by atoms with E-state index in [2.05, 4.69) is 64.4 Å². The lowest BCUT2D eigenvalue weighted by Crippen LogP contribution is -2.65. The molecule has 0 amide bonds. The Balaban J connectivity index is 1.23. The highest BCUT2D eigenvalue weighted by atomic mass is 32.2. The lowest BCUT2D eigenvalue weighted by molar-refractivity contribution is -0.225. The van der Waals surface area contributed by atoms with Crippen LogP contribution in [0.3, 0.4) is 0 Å². The number of carboxylic acids is 1. The van der Waals surface area contributed by atoms with Gasteiger partial charge in [0.25, 0.3) is 0 Å². The van der Waals surface area contributed by atoms with Crippen molar-refractivity contribution in [2.75, 3.05) is 45.2 Å². The summed E-state index contributed by atoms with van der Waals surface area (Å²) >= 11 is 0. The Hall–Kier alpha value is -1.96. The zero-order valence-electron chi connectivity index (χ0n) is 32.4. The Labute approximate surface area is 303 Å². The third-order valence-electron chi connectivity index (χ3n) is 16.3. The summed E-state index contributed by atoms with van der Waals surface area (Å²) in [6.45, 7) is 23.3. The highest BCUT2D eigenvalue weighted by Crippen LogP contribution is 2.77. The Morgan fingerprint density at radius 3 is 2.28 bits per heavy atom. The molecule has 0 radical (unpaired) electrons. The molecule has 1 aromatic rings. The SMILES string of the molecule is C=C(C)[C@@H]1CC[C@]2(CNCCN(C)CCS(C)(=O)=O)CC[C@]3(C)[C@H](CC[C@@H]4[C@@]5(C)CC=C(c6ccc(C(=O)O)cc6)C(C)(C)[C@@H]5CC[C@]43C)[C@@H]12. The quantitative estimate of drug-likeness (QED) is 0.177. The normalized spacial score (nSPS) is 39.1. The molecule has 0 aromatic heterocycles. The van der Waals surface area contributed by atoms with Gasteiger partial charge in [-0.25, -0.2) is 13.2 Å². The molecule has 5 aliphatic carbocycles. The van der Waals surface area contributed by atoms with E-state index in [-0.39, 0.29) is 22.0 Å². The molecule has 2 N–H and O–H groups in total. The van der Waals surface area contributed by atoms with Crippen LogP contribution in [-0.2, 0) is 9.84 Å². The molecule has 0 spiro atoms. The number of hydrogen-bond acceptors (Lipinski definition) is 5. The molecular weight excluding hydrogens is 641 g/mol. The number of benzene rings is 1. The molecule has 0 unspecified atom stereocenters. The van der Waals surface area contributed by atoms with Crippen molar-refractivity contribution in [2.24, 2.45) is 56.7 Å². The summed E-state index contributed by atoms with van der Waals surface area (Å²) in [6.07, 6.45) is 15.3. The van der Waals surface area contributed by atoms with Crippen LogP contribution in [0.1, 0.15) is 115 Å². The first-order valence-electron chi connectivity index (χ1n) is 19.6. The summed E-state index contributed by atoms with van der Waals surface area (Å²) in [5, 5.41) is 13.4. The van der Waals surface area contributed by atoms with E-state index in [0.29, 0.717) is 52.5 Å². The Kier molecular flexibility index (Phi) is 9.95. The van der Waals surface area contributed by atoms with E-state index in [1.54, 1.807) is 12.1 Å². The molecule has 278 valence electrons. The summed E-state index contributed by atoms with van der Waals surface area (Å²) < 4.78 is 23.4. The lowest BCUT2D eigenvalue weighted by atomic mass is 9.32. The molecule has 0 saturated heterocycles. The van der Waals surface area contributed by atoms with Gasteiger partial charge in [0.1, 0.15) is 9.84 Å². The van der Waals surface area contributed by atoms with Crippen LogP contribution in [0.2, 0.25) is 0 Å². The number of sulfone groups is 1. The van der Waals surface area contributed by atoms with Gasteiger partial charge in [-0.05, 0) is 152 Å². The van der Waals surface area contributed by atoms with Crippen LogP contribution in [0.4, 0.5) is 0 Å². The number of carboxylic acid groups (broad SMARTS) is 1. The van der Waals surface area contributed by atoms with E-state index in [9.17, 15) is 18.3 Å². The molecule has 7 heteroatoms. The summed E-state index contributed by atoms with van der Waals surface area (Å²) in [5.41, 5.74) is 5.44. The number of fused-ring (bicyclic) bond motifs is 7. The third-order valence-corrected chi connectivity index (χ3v) is 17.2. The second kappa shape index (κ2) is 13.2. The average Bonchev–Trinajstić information content (AvgIpc) is 3.42. The highest BCUT2D eigenvalue weighted by molar-refractivity contribution is 7.90. The maximum absolute atomic E-state index is 11.7. The van der Waals surface area contributed by atoms with E-state index in [1.807, 2.05) is 19.2 Å². The molecule has 6 nitrogen and oxygen atoms in total. The van der Waals surface area contributed by atoms with Crippen molar-refractivity contribution in [3.63, 3.8) is 0 Å². The fourth-order valence-electron chi connectivity index (χ4n) is 13.5. The first-order valence-corrected chi connectivity index (χ1v) is 21.6. The largest absolute Gasteiger partial charge is 0.478 e. The summed E-state index contributed by atoms with van der Waals surface area (Å²) in [7, 11) is -0.917. The van der Waals surface area contributed by atoms with E-state index in [0.717, 1.165) is 26.1 Å². The number of nitrogens with zero attached hydrogens (tertiary/aromatic N) is 1. The average molecular weight is 707 g/mol. The van der Waals surface area contributed by atoms with Crippen LogP contribution in [0.15, 0.2) is 42.5 Å². The van der Waals surface area contributed by atoms with E-state index in [1.165, 1.54) is 74.3 Å². The van der Waals surface area contributed by atoms with Gasteiger partial charge in [-0.15, -0.1) is 0 Å². The van der Waals surface area contributed by atoms with Crippen LogP contribution in [0, 0.1) is 56.7 Å². The predicted octanol–water partition coefficient (Wildman–Crippen LogP) is 8.60. The van der Waals surface area contributed by atoms with Crippen LogP contribution >= 0.6 is 0 Å². The Bertz CT molecular complexity index is 1610. The van der Waals surface area contributed by atoms with Crippen molar-refractivity contribution in [2.45, 2.75) is 99.3 Å². The molecule has 0 aliphatic heterocycles. The number of nitrogens with one attached hydrogen (secondary N) is 1. The van der Waals surface area contributed by atoms with E-state index >= 15 is 0 Å². The van der Waals surface area contributed by atoms with Gasteiger partial charge in [-0.3, -0.25) is 0 Å². The van der Waals surface area contributed by atoms with Crippen LogP contribution in [0.25, 0.3) is 5.57 Å². The van der Waals surface area contributed by atoms with Crippen LogP contribution in [0.5, 0.6) is 0 Å². The van der Waals surface area contributed by atoms with Crippen molar-refractivity contribution in [1.29, 1.82) is 0 Å². The fraction of sp³-hybridized carbons (Fsp3) is 0.744. The zero-order chi connectivity index (χ0) is 36.5. The van der Waals surface area contributed by atoms with Crippen molar-refractivity contribution in [1.82, 2.24) is 10.2 Å². The van der Waals surface area contributed by atoms with Gasteiger partial charge in [-0.2, -0.15) is 0 Å². The highest BCUT2D eigenvalue weighted by Gasteiger charge is 2.70. The smallest absolute Gasteiger partial charge is 0.335 e. The monoisotopic (exact) mass is 706 g/mol.